The molecule has 0 radical (unpaired) electrons. The summed E-state index contributed by atoms with van der Waals surface area (Å²) in [6.45, 7) is 4.60. The van der Waals surface area contributed by atoms with Crippen LogP contribution in [0.4, 0.5) is 4.39 Å². The van der Waals surface area contributed by atoms with Crippen molar-refractivity contribution in [2.24, 2.45) is 0 Å². The van der Waals surface area contributed by atoms with E-state index in [0.717, 1.165) is 11.3 Å². The van der Waals surface area contributed by atoms with Crippen LogP contribution in [0.3, 0.4) is 0 Å². The first-order chi connectivity index (χ1) is 9.54. The third-order valence-corrected chi connectivity index (χ3v) is 3.12. The maximum Gasteiger partial charge on any atom is 0.241 e. The smallest absolute Gasteiger partial charge is 0.241 e. The zero-order valence-corrected chi connectivity index (χ0v) is 11.6. The van der Waals surface area contributed by atoms with Crippen LogP contribution in [0.15, 0.2) is 36.5 Å². The Morgan fingerprint density at radius 1 is 1.35 bits per heavy atom. The Morgan fingerprint density at radius 3 is 2.65 bits per heavy atom. The highest BCUT2D eigenvalue weighted by Crippen LogP contribution is 2.14. The second-order valence-corrected chi connectivity index (χ2v) is 4.91. The SMILES string of the molecule is Cc1ccn(CC(=O)NCC(C)c2ccc(F)cc2)n1. The minimum Gasteiger partial charge on any atom is -0.354 e. The van der Waals surface area contributed by atoms with Crippen molar-refractivity contribution < 1.29 is 9.18 Å². The lowest BCUT2D eigenvalue weighted by Crippen LogP contribution is -2.30. The molecular weight excluding hydrogens is 257 g/mol. The number of carbonyl (C=O) groups is 1. The monoisotopic (exact) mass is 275 g/mol. The summed E-state index contributed by atoms with van der Waals surface area (Å²) in [5.74, 6) is -0.194. The summed E-state index contributed by atoms with van der Waals surface area (Å²) in [5.41, 5.74) is 1.89. The first-order valence-electron chi connectivity index (χ1n) is 6.57. The molecule has 0 spiro atoms. The molecule has 1 N–H and O–H groups in total. The van der Waals surface area contributed by atoms with Crippen LogP contribution in [0.2, 0.25) is 0 Å². The van der Waals surface area contributed by atoms with E-state index in [1.807, 2.05) is 19.9 Å². The molecule has 0 bridgehead atoms. The first kappa shape index (κ1) is 14.2. The zero-order valence-electron chi connectivity index (χ0n) is 11.6. The van der Waals surface area contributed by atoms with E-state index in [2.05, 4.69) is 10.4 Å². The molecule has 20 heavy (non-hydrogen) atoms. The highest BCUT2D eigenvalue weighted by Gasteiger charge is 2.08. The van der Waals surface area contributed by atoms with Crippen LogP contribution < -0.4 is 5.32 Å². The second kappa shape index (κ2) is 6.32. The summed E-state index contributed by atoms with van der Waals surface area (Å²) in [6.07, 6.45) is 1.78. The fourth-order valence-electron chi connectivity index (χ4n) is 1.93. The van der Waals surface area contributed by atoms with Crippen LogP contribution in [0.25, 0.3) is 0 Å². The standard InChI is InChI=1S/C15H18FN3O/c1-11(13-3-5-14(16)6-4-13)9-17-15(20)10-19-8-7-12(2)18-19/h3-8,11H,9-10H2,1-2H3,(H,17,20). The Hall–Kier alpha value is -2.17. The number of benzene rings is 1. The van der Waals surface area contributed by atoms with Gasteiger partial charge in [-0.2, -0.15) is 5.10 Å². The van der Waals surface area contributed by atoms with E-state index in [9.17, 15) is 9.18 Å². The predicted octanol–water partition coefficient (Wildman–Crippen LogP) is 2.25. The average molecular weight is 275 g/mol. The van der Waals surface area contributed by atoms with E-state index in [1.54, 1.807) is 23.0 Å². The second-order valence-electron chi connectivity index (χ2n) is 4.91. The van der Waals surface area contributed by atoms with Gasteiger partial charge >= 0.3 is 0 Å². The average Bonchev–Trinajstić information content (AvgIpc) is 2.82. The summed E-state index contributed by atoms with van der Waals surface area (Å²) in [6, 6.07) is 8.20. The van der Waals surface area contributed by atoms with E-state index in [1.165, 1.54) is 12.1 Å². The van der Waals surface area contributed by atoms with Gasteiger partial charge in [-0.3, -0.25) is 9.48 Å². The van der Waals surface area contributed by atoms with Crippen LogP contribution in [0.5, 0.6) is 0 Å². The summed E-state index contributed by atoms with van der Waals surface area (Å²) in [5, 5.41) is 7.02. The van der Waals surface area contributed by atoms with Gasteiger partial charge in [-0.25, -0.2) is 4.39 Å². The van der Waals surface area contributed by atoms with Crippen molar-refractivity contribution in [1.29, 1.82) is 0 Å². The molecule has 1 aromatic heterocycles. The number of halogens is 1. The van der Waals surface area contributed by atoms with Crippen molar-refractivity contribution in [2.75, 3.05) is 6.54 Å². The minimum absolute atomic E-state index is 0.0814. The number of nitrogens with one attached hydrogen (secondary N) is 1. The molecule has 0 fully saturated rings. The molecule has 4 nitrogen and oxygen atoms in total. The van der Waals surface area contributed by atoms with Crippen molar-refractivity contribution in [3.05, 3.63) is 53.6 Å². The number of rotatable bonds is 5. The lowest BCUT2D eigenvalue weighted by molar-refractivity contribution is -0.121. The topological polar surface area (TPSA) is 46.9 Å². The van der Waals surface area contributed by atoms with Crippen LogP contribution in [0, 0.1) is 12.7 Å². The van der Waals surface area contributed by atoms with Gasteiger partial charge < -0.3 is 5.32 Å². The van der Waals surface area contributed by atoms with Gasteiger partial charge in [0, 0.05) is 12.7 Å². The molecule has 0 saturated heterocycles. The molecule has 1 atom stereocenters. The molecule has 106 valence electrons. The maximum absolute atomic E-state index is 12.8. The highest BCUT2D eigenvalue weighted by molar-refractivity contribution is 5.75. The Morgan fingerprint density at radius 2 is 2.05 bits per heavy atom. The summed E-state index contributed by atoms with van der Waals surface area (Å²) < 4.78 is 14.4. The number of hydrogen-bond acceptors (Lipinski definition) is 2. The van der Waals surface area contributed by atoms with E-state index >= 15 is 0 Å². The Labute approximate surface area is 117 Å². The van der Waals surface area contributed by atoms with Gasteiger partial charge in [0.15, 0.2) is 0 Å². The molecule has 1 amide bonds. The predicted molar refractivity (Wildman–Crippen MR) is 74.8 cm³/mol. The van der Waals surface area contributed by atoms with Crippen LogP contribution >= 0.6 is 0 Å². The summed E-state index contributed by atoms with van der Waals surface area (Å²) in [4.78, 5) is 11.8. The zero-order chi connectivity index (χ0) is 14.5. The van der Waals surface area contributed by atoms with Crippen molar-refractivity contribution in [3.63, 3.8) is 0 Å². The van der Waals surface area contributed by atoms with E-state index in [4.69, 9.17) is 0 Å². The highest BCUT2D eigenvalue weighted by atomic mass is 19.1. The van der Waals surface area contributed by atoms with Gasteiger partial charge in [-0.05, 0) is 36.6 Å². The van der Waals surface area contributed by atoms with Gasteiger partial charge in [0.1, 0.15) is 12.4 Å². The fourth-order valence-corrected chi connectivity index (χ4v) is 1.93. The number of amides is 1. The number of nitrogens with zero attached hydrogens (tertiary/aromatic N) is 2. The Kier molecular flexibility index (Phi) is 4.50. The Bertz CT molecular complexity index is 577. The minimum atomic E-state index is -0.251. The maximum atomic E-state index is 12.8. The van der Waals surface area contributed by atoms with Crippen LogP contribution in [-0.2, 0) is 11.3 Å². The molecule has 0 saturated carbocycles. The molecule has 1 heterocycles. The lowest BCUT2D eigenvalue weighted by atomic mass is 10.0. The van der Waals surface area contributed by atoms with Crippen molar-refractivity contribution in [1.82, 2.24) is 15.1 Å². The fraction of sp³-hybridized carbons (Fsp3) is 0.333. The molecule has 0 aliphatic carbocycles. The Balaban J connectivity index is 1.82. The van der Waals surface area contributed by atoms with Gasteiger partial charge in [0.2, 0.25) is 5.91 Å². The normalized spacial score (nSPS) is 12.2. The molecule has 5 heteroatoms. The lowest BCUT2D eigenvalue weighted by Gasteiger charge is -2.13. The van der Waals surface area contributed by atoms with E-state index in [-0.39, 0.29) is 24.2 Å². The molecule has 2 aromatic rings. The molecule has 1 unspecified atom stereocenters. The number of aromatic nitrogens is 2. The molecule has 0 aliphatic heterocycles. The van der Waals surface area contributed by atoms with Gasteiger partial charge in [-0.1, -0.05) is 19.1 Å². The van der Waals surface area contributed by atoms with E-state index < -0.39 is 0 Å². The third-order valence-electron chi connectivity index (χ3n) is 3.12. The number of carbonyl (C=O) groups excluding carboxylic acids is 1. The van der Waals surface area contributed by atoms with E-state index in [0.29, 0.717) is 6.54 Å². The van der Waals surface area contributed by atoms with Crippen molar-refractivity contribution in [3.8, 4) is 0 Å². The quantitative estimate of drug-likeness (QED) is 0.909. The summed E-state index contributed by atoms with van der Waals surface area (Å²) >= 11 is 0. The van der Waals surface area contributed by atoms with Crippen LogP contribution in [0.1, 0.15) is 24.1 Å². The third kappa shape index (κ3) is 3.91. The molecule has 2 rings (SSSR count). The summed E-state index contributed by atoms with van der Waals surface area (Å²) in [7, 11) is 0. The van der Waals surface area contributed by atoms with Crippen molar-refractivity contribution in [2.45, 2.75) is 26.3 Å². The van der Waals surface area contributed by atoms with Gasteiger partial charge in [0.25, 0.3) is 0 Å². The van der Waals surface area contributed by atoms with Gasteiger partial charge in [0.05, 0.1) is 5.69 Å². The van der Waals surface area contributed by atoms with Crippen LogP contribution in [-0.4, -0.2) is 22.2 Å². The number of hydrogen-bond donors (Lipinski definition) is 1. The first-order valence-corrected chi connectivity index (χ1v) is 6.57. The van der Waals surface area contributed by atoms with Crippen molar-refractivity contribution >= 4 is 5.91 Å². The largest absolute Gasteiger partial charge is 0.354 e. The molecular formula is C15H18FN3O. The number of aryl methyl sites for hydroxylation is 1. The molecule has 0 aliphatic rings. The molecule has 1 aromatic carbocycles. The van der Waals surface area contributed by atoms with Gasteiger partial charge in [-0.15, -0.1) is 0 Å².